The van der Waals surface area contributed by atoms with Crippen molar-refractivity contribution in [1.29, 1.82) is 0 Å². The van der Waals surface area contributed by atoms with Crippen molar-refractivity contribution in [3.05, 3.63) is 82.9 Å². The smallest absolute Gasteiger partial charge is 0.0208 e. The molecule has 3 aromatic carbocycles. The third-order valence-electron chi connectivity index (χ3n) is 5.40. The second-order valence-electron chi connectivity index (χ2n) is 7.06. The fraction of sp³-hybridized carbons (Fsp3) is 0.250. The first-order valence-electron chi connectivity index (χ1n) is 9.22. The maximum absolute atomic E-state index is 3.51. The molecule has 126 valence electrons. The molecule has 1 N–H and O–H groups in total. The van der Waals surface area contributed by atoms with Gasteiger partial charge in [0.25, 0.3) is 0 Å². The highest BCUT2D eigenvalue weighted by molar-refractivity contribution is 5.79. The molecule has 0 bridgehead atoms. The molecule has 1 nitrogen and oxygen atoms in total. The van der Waals surface area contributed by atoms with Gasteiger partial charge in [-0.05, 0) is 77.7 Å². The van der Waals surface area contributed by atoms with Crippen LogP contribution in [0.25, 0.3) is 22.3 Å². The van der Waals surface area contributed by atoms with E-state index in [9.17, 15) is 0 Å². The Morgan fingerprint density at radius 3 is 2.44 bits per heavy atom. The lowest BCUT2D eigenvalue weighted by molar-refractivity contribution is 0.681. The van der Waals surface area contributed by atoms with Crippen LogP contribution in [0.1, 0.15) is 28.7 Å². The van der Waals surface area contributed by atoms with E-state index in [0.29, 0.717) is 0 Å². The van der Waals surface area contributed by atoms with Crippen LogP contribution in [0.5, 0.6) is 0 Å². The van der Waals surface area contributed by atoms with Crippen molar-refractivity contribution in [2.75, 3.05) is 6.54 Å². The maximum Gasteiger partial charge on any atom is 0.0208 e. The molecule has 0 fully saturated rings. The number of aryl methyl sites for hydroxylation is 2. The highest BCUT2D eigenvalue weighted by Crippen LogP contribution is 2.34. The molecule has 0 saturated heterocycles. The van der Waals surface area contributed by atoms with Crippen LogP contribution in [0, 0.1) is 13.8 Å². The number of hydrogen-bond acceptors (Lipinski definition) is 1. The van der Waals surface area contributed by atoms with Gasteiger partial charge in [-0.25, -0.2) is 0 Å². The Morgan fingerprint density at radius 1 is 0.760 bits per heavy atom. The van der Waals surface area contributed by atoms with Crippen molar-refractivity contribution in [3.63, 3.8) is 0 Å². The minimum absolute atomic E-state index is 0.998. The first kappa shape index (κ1) is 16.1. The fourth-order valence-electron chi connectivity index (χ4n) is 3.94. The molecule has 3 aromatic rings. The van der Waals surface area contributed by atoms with E-state index in [0.717, 1.165) is 13.1 Å². The summed E-state index contributed by atoms with van der Waals surface area (Å²) in [6.07, 6.45) is 2.39. The summed E-state index contributed by atoms with van der Waals surface area (Å²) in [7, 11) is 0. The average Bonchev–Trinajstić information content (AvgIpc) is 2.87. The van der Waals surface area contributed by atoms with Crippen molar-refractivity contribution < 1.29 is 0 Å². The van der Waals surface area contributed by atoms with Crippen molar-refractivity contribution in [1.82, 2.24) is 5.32 Å². The van der Waals surface area contributed by atoms with Gasteiger partial charge in [0.1, 0.15) is 0 Å². The van der Waals surface area contributed by atoms with E-state index in [-0.39, 0.29) is 0 Å². The Labute approximate surface area is 150 Å². The van der Waals surface area contributed by atoms with Gasteiger partial charge in [-0.3, -0.25) is 0 Å². The number of fused-ring (bicyclic) bond motifs is 1. The molecule has 0 atom stereocenters. The van der Waals surface area contributed by atoms with E-state index in [1.54, 1.807) is 0 Å². The number of nitrogens with one attached hydrogen (secondary N) is 1. The van der Waals surface area contributed by atoms with Gasteiger partial charge in [-0.15, -0.1) is 0 Å². The average molecular weight is 327 g/mol. The molecule has 1 aliphatic rings. The molecule has 0 amide bonds. The molecular formula is C24H25N. The number of rotatable bonds is 2. The quantitative estimate of drug-likeness (QED) is 0.639. The van der Waals surface area contributed by atoms with Crippen LogP contribution in [0.2, 0.25) is 0 Å². The Hall–Kier alpha value is -2.38. The predicted molar refractivity (Wildman–Crippen MR) is 107 cm³/mol. The monoisotopic (exact) mass is 327 g/mol. The second-order valence-corrected chi connectivity index (χ2v) is 7.06. The lowest BCUT2D eigenvalue weighted by atomic mass is 9.89. The summed E-state index contributed by atoms with van der Waals surface area (Å²) >= 11 is 0. The van der Waals surface area contributed by atoms with Crippen molar-refractivity contribution in [3.8, 4) is 22.3 Å². The fourth-order valence-corrected chi connectivity index (χ4v) is 3.94. The van der Waals surface area contributed by atoms with E-state index in [2.05, 4.69) is 79.8 Å². The Morgan fingerprint density at radius 2 is 1.56 bits per heavy atom. The van der Waals surface area contributed by atoms with Crippen LogP contribution in [-0.2, 0) is 13.0 Å². The molecule has 0 aromatic heterocycles. The van der Waals surface area contributed by atoms with Crippen LogP contribution >= 0.6 is 0 Å². The van der Waals surface area contributed by atoms with Gasteiger partial charge in [-0.2, -0.15) is 0 Å². The van der Waals surface area contributed by atoms with E-state index < -0.39 is 0 Å². The van der Waals surface area contributed by atoms with Crippen molar-refractivity contribution in [2.24, 2.45) is 0 Å². The minimum atomic E-state index is 0.998. The van der Waals surface area contributed by atoms with Crippen LogP contribution in [0.15, 0.2) is 60.7 Å². The number of hydrogen-bond donors (Lipinski definition) is 1. The van der Waals surface area contributed by atoms with Crippen molar-refractivity contribution >= 4 is 0 Å². The van der Waals surface area contributed by atoms with Crippen LogP contribution < -0.4 is 5.32 Å². The molecule has 0 aliphatic carbocycles. The van der Waals surface area contributed by atoms with Crippen LogP contribution in [0.4, 0.5) is 0 Å². The number of benzene rings is 3. The maximum atomic E-state index is 3.51. The van der Waals surface area contributed by atoms with Gasteiger partial charge in [-0.1, -0.05) is 60.7 Å². The summed E-state index contributed by atoms with van der Waals surface area (Å²) in [6, 6.07) is 22.4. The van der Waals surface area contributed by atoms with E-state index in [1.165, 1.54) is 57.3 Å². The summed E-state index contributed by atoms with van der Waals surface area (Å²) in [4.78, 5) is 0. The summed E-state index contributed by atoms with van der Waals surface area (Å²) in [6.45, 7) is 6.56. The molecule has 0 radical (unpaired) electrons. The summed E-state index contributed by atoms with van der Waals surface area (Å²) < 4.78 is 0. The first-order valence-corrected chi connectivity index (χ1v) is 9.22. The van der Waals surface area contributed by atoms with E-state index in [4.69, 9.17) is 0 Å². The highest BCUT2D eigenvalue weighted by Gasteiger charge is 2.12. The second kappa shape index (κ2) is 6.85. The zero-order valence-electron chi connectivity index (χ0n) is 15.1. The van der Waals surface area contributed by atoms with Gasteiger partial charge in [0.05, 0.1) is 0 Å². The first-order chi connectivity index (χ1) is 12.2. The minimum Gasteiger partial charge on any atom is -0.313 e. The largest absolute Gasteiger partial charge is 0.313 e. The molecular weight excluding hydrogens is 302 g/mol. The van der Waals surface area contributed by atoms with Gasteiger partial charge < -0.3 is 5.32 Å². The molecule has 0 unspecified atom stereocenters. The molecule has 4 rings (SSSR count). The topological polar surface area (TPSA) is 12.0 Å². The summed E-state index contributed by atoms with van der Waals surface area (Å²) in [5, 5.41) is 3.51. The lowest BCUT2D eigenvalue weighted by Gasteiger charge is -2.15. The predicted octanol–water partition coefficient (Wildman–Crippen LogP) is 5.67. The Balaban J connectivity index is 1.81. The molecule has 0 saturated carbocycles. The van der Waals surface area contributed by atoms with Crippen molar-refractivity contribution in [2.45, 2.75) is 33.2 Å². The van der Waals surface area contributed by atoms with Crippen LogP contribution in [-0.4, -0.2) is 6.54 Å². The van der Waals surface area contributed by atoms with Gasteiger partial charge >= 0.3 is 0 Å². The van der Waals surface area contributed by atoms with Gasteiger partial charge in [0, 0.05) is 6.54 Å². The molecule has 25 heavy (non-hydrogen) atoms. The lowest BCUT2D eigenvalue weighted by Crippen LogP contribution is -2.11. The van der Waals surface area contributed by atoms with Gasteiger partial charge in [0.15, 0.2) is 0 Å². The molecule has 1 aliphatic heterocycles. The SMILES string of the molecule is Cc1ccccc1-c1cccc(-c2ccc3c(c2)CCCNC3)c1C. The third-order valence-corrected chi connectivity index (χ3v) is 5.40. The highest BCUT2D eigenvalue weighted by atomic mass is 14.8. The molecule has 1 heteroatoms. The summed E-state index contributed by atoms with van der Waals surface area (Å²) in [5.41, 5.74) is 11.0. The normalized spacial score (nSPS) is 14.0. The zero-order chi connectivity index (χ0) is 17.2. The van der Waals surface area contributed by atoms with Crippen LogP contribution in [0.3, 0.4) is 0 Å². The van der Waals surface area contributed by atoms with Gasteiger partial charge in [0.2, 0.25) is 0 Å². The third kappa shape index (κ3) is 3.12. The Kier molecular flexibility index (Phi) is 4.42. The molecule has 1 heterocycles. The van der Waals surface area contributed by atoms with E-state index in [1.807, 2.05) is 0 Å². The molecule has 0 spiro atoms. The van der Waals surface area contributed by atoms with E-state index >= 15 is 0 Å². The summed E-state index contributed by atoms with van der Waals surface area (Å²) in [5.74, 6) is 0. The standard InChI is InChI=1S/C24H25N/c1-17-7-3-4-9-22(17)24-11-5-10-23(18(24)2)20-12-13-21-16-25-14-6-8-19(21)15-20/h3-5,7,9-13,15,25H,6,8,14,16H2,1-2H3. The zero-order valence-corrected chi connectivity index (χ0v) is 15.1. The Bertz CT molecular complexity index is 908.